The van der Waals surface area contributed by atoms with Gasteiger partial charge in [0, 0.05) is 24.3 Å². The van der Waals surface area contributed by atoms with Crippen LogP contribution in [-0.4, -0.2) is 17.1 Å². The SMILES string of the molecule is CCc1nc(-c2ccc(C)cc2OC)nc2c1CNC2. The normalized spacial score (nSPS) is 13.3. The van der Waals surface area contributed by atoms with Crippen LogP contribution in [0.15, 0.2) is 18.2 Å². The van der Waals surface area contributed by atoms with Gasteiger partial charge in [0.05, 0.1) is 18.4 Å². The molecule has 1 N–H and O–H groups in total. The summed E-state index contributed by atoms with van der Waals surface area (Å²) in [7, 11) is 1.69. The third-order valence-electron chi connectivity index (χ3n) is 3.71. The lowest BCUT2D eigenvalue weighted by Gasteiger charge is -2.11. The van der Waals surface area contributed by atoms with Gasteiger partial charge in [0.2, 0.25) is 0 Å². The fourth-order valence-corrected chi connectivity index (χ4v) is 2.63. The quantitative estimate of drug-likeness (QED) is 0.930. The molecule has 3 rings (SSSR count). The van der Waals surface area contributed by atoms with Crippen molar-refractivity contribution in [2.24, 2.45) is 0 Å². The topological polar surface area (TPSA) is 47.0 Å². The van der Waals surface area contributed by atoms with E-state index in [0.29, 0.717) is 0 Å². The summed E-state index contributed by atoms with van der Waals surface area (Å²) in [5.74, 6) is 1.60. The van der Waals surface area contributed by atoms with Crippen molar-refractivity contribution in [2.45, 2.75) is 33.4 Å². The Morgan fingerprint density at radius 3 is 2.85 bits per heavy atom. The monoisotopic (exact) mass is 269 g/mol. The van der Waals surface area contributed by atoms with Gasteiger partial charge < -0.3 is 10.1 Å². The van der Waals surface area contributed by atoms with Crippen LogP contribution in [0.2, 0.25) is 0 Å². The van der Waals surface area contributed by atoms with Crippen molar-refractivity contribution >= 4 is 0 Å². The van der Waals surface area contributed by atoms with E-state index in [2.05, 4.69) is 25.2 Å². The first-order valence-electron chi connectivity index (χ1n) is 6.97. The van der Waals surface area contributed by atoms with E-state index in [4.69, 9.17) is 14.7 Å². The summed E-state index contributed by atoms with van der Waals surface area (Å²) in [5, 5.41) is 3.35. The Balaban J connectivity index is 2.15. The zero-order valence-corrected chi connectivity index (χ0v) is 12.2. The first-order valence-corrected chi connectivity index (χ1v) is 6.97. The number of hydrogen-bond donors (Lipinski definition) is 1. The van der Waals surface area contributed by atoms with Gasteiger partial charge in [0.25, 0.3) is 0 Å². The van der Waals surface area contributed by atoms with Crippen molar-refractivity contribution < 1.29 is 4.74 Å². The summed E-state index contributed by atoms with van der Waals surface area (Å²) in [4.78, 5) is 9.46. The number of aryl methyl sites for hydroxylation is 2. The molecule has 0 radical (unpaired) electrons. The molecule has 0 aliphatic carbocycles. The summed E-state index contributed by atoms with van der Waals surface area (Å²) < 4.78 is 5.48. The van der Waals surface area contributed by atoms with E-state index in [0.717, 1.165) is 48.0 Å². The highest BCUT2D eigenvalue weighted by Gasteiger charge is 2.19. The minimum atomic E-state index is 0.765. The van der Waals surface area contributed by atoms with Gasteiger partial charge in [-0.25, -0.2) is 9.97 Å². The number of aromatic nitrogens is 2. The maximum atomic E-state index is 5.48. The van der Waals surface area contributed by atoms with Gasteiger partial charge in [0.15, 0.2) is 5.82 Å². The Labute approximate surface area is 119 Å². The molecule has 0 bridgehead atoms. The number of hydrogen-bond acceptors (Lipinski definition) is 4. The minimum absolute atomic E-state index is 0.765. The molecule has 1 aromatic heterocycles. The Hall–Kier alpha value is -1.94. The van der Waals surface area contributed by atoms with Gasteiger partial charge in [-0.3, -0.25) is 0 Å². The van der Waals surface area contributed by atoms with E-state index in [-0.39, 0.29) is 0 Å². The summed E-state index contributed by atoms with van der Waals surface area (Å²) in [6.45, 7) is 5.89. The second-order valence-electron chi connectivity index (χ2n) is 5.08. The molecular weight excluding hydrogens is 250 g/mol. The van der Waals surface area contributed by atoms with Crippen LogP contribution in [0.4, 0.5) is 0 Å². The molecule has 1 aliphatic heterocycles. The standard InChI is InChI=1S/C16H19N3O/c1-4-13-12-8-17-9-14(12)19-16(18-13)11-6-5-10(2)7-15(11)20-3/h5-7,17H,4,8-9H2,1-3H3. The van der Waals surface area contributed by atoms with Gasteiger partial charge in [0.1, 0.15) is 5.75 Å². The highest BCUT2D eigenvalue weighted by molar-refractivity contribution is 5.65. The minimum Gasteiger partial charge on any atom is -0.496 e. The lowest BCUT2D eigenvalue weighted by molar-refractivity contribution is 0.416. The fraction of sp³-hybridized carbons (Fsp3) is 0.375. The van der Waals surface area contributed by atoms with Crippen LogP contribution in [0.5, 0.6) is 5.75 Å². The van der Waals surface area contributed by atoms with Crippen LogP contribution in [0.1, 0.15) is 29.4 Å². The summed E-state index contributed by atoms with van der Waals surface area (Å²) in [5.41, 5.74) is 5.65. The number of fused-ring (bicyclic) bond motifs is 1. The molecule has 0 fully saturated rings. The summed E-state index contributed by atoms with van der Waals surface area (Å²) >= 11 is 0. The van der Waals surface area contributed by atoms with E-state index in [1.807, 2.05) is 12.1 Å². The Kier molecular flexibility index (Phi) is 3.40. The highest BCUT2D eigenvalue weighted by atomic mass is 16.5. The predicted molar refractivity (Wildman–Crippen MR) is 78.7 cm³/mol. The third-order valence-corrected chi connectivity index (χ3v) is 3.71. The molecule has 20 heavy (non-hydrogen) atoms. The Morgan fingerprint density at radius 1 is 1.25 bits per heavy atom. The van der Waals surface area contributed by atoms with E-state index in [1.54, 1.807) is 7.11 Å². The second-order valence-corrected chi connectivity index (χ2v) is 5.08. The molecule has 0 amide bonds. The van der Waals surface area contributed by atoms with Crippen LogP contribution in [0, 0.1) is 6.92 Å². The van der Waals surface area contributed by atoms with Crippen molar-refractivity contribution in [3.63, 3.8) is 0 Å². The molecule has 0 atom stereocenters. The van der Waals surface area contributed by atoms with Crippen LogP contribution in [0.3, 0.4) is 0 Å². The number of ether oxygens (including phenoxy) is 1. The highest BCUT2D eigenvalue weighted by Crippen LogP contribution is 2.30. The van der Waals surface area contributed by atoms with Gasteiger partial charge >= 0.3 is 0 Å². The predicted octanol–water partition coefficient (Wildman–Crippen LogP) is 2.63. The Morgan fingerprint density at radius 2 is 2.10 bits per heavy atom. The van der Waals surface area contributed by atoms with Crippen molar-refractivity contribution in [3.05, 3.63) is 40.7 Å². The molecule has 4 heteroatoms. The Bertz CT molecular complexity index is 652. The molecule has 104 valence electrons. The van der Waals surface area contributed by atoms with Crippen molar-refractivity contribution in [1.82, 2.24) is 15.3 Å². The summed E-state index contributed by atoms with van der Waals surface area (Å²) in [6.07, 6.45) is 0.924. The van der Waals surface area contributed by atoms with E-state index >= 15 is 0 Å². The number of nitrogens with one attached hydrogen (secondary N) is 1. The van der Waals surface area contributed by atoms with E-state index in [1.165, 1.54) is 11.1 Å². The van der Waals surface area contributed by atoms with Crippen molar-refractivity contribution in [2.75, 3.05) is 7.11 Å². The van der Waals surface area contributed by atoms with Gasteiger partial charge in [-0.15, -0.1) is 0 Å². The lowest BCUT2D eigenvalue weighted by Crippen LogP contribution is -2.03. The third kappa shape index (κ3) is 2.16. The van der Waals surface area contributed by atoms with Crippen LogP contribution in [0.25, 0.3) is 11.4 Å². The average molecular weight is 269 g/mol. The van der Waals surface area contributed by atoms with Crippen molar-refractivity contribution in [1.29, 1.82) is 0 Å². The smallest absolute Gasteiger partial charge is 0.163 e. The van der Waals surface area contributed by atoms with Crippen LogP contribution >= 0.6 is 0 Å². The number of rotatable bonds is 3. The number of methoxy groups -OCH3 is 1. The first-order chi connectivity index (χ1) is 9.72. The number of nitrogens with zero attached hydrogens (tertiary/aromatic N) is 2. The van der Waals surface area contributed by atoms with E-state index in [9.17, 15) is 0 Å². The van der Waals surface area contributed by atoms with E-state index < -0.39 is 0 Å². The van der Waals surface area contributed by atoms with Crippen molar-refractivity contribution in [3.8, 4) is 17.1 Å². The molecule has 0 spiro atoms. The van der Waals surface area contributed by atoms with Gasteiger partial charge in [-0.05, 0) is 31.0 Å². The van der Waals surface area contributed by atoms with Crippen LogP contribution in [-0.2, 0) is 19.5 Å². The van der Waals surface area contributed by atoms with Gasteiger partial charge in [-0.1, -0.05) is 13.0 Å². The first kappa shape index (κ1) is 13.1. The fourth-order valence-electron chi connectivity index (χ4n) is 2.63. The zero-order valence-electron chi connectivity index (χ0n) is 12.2. The molecule has 1 aromatic carbocycles. The summed E-state index contributed by atoms with van der Waals surface area (Å²) in [6, 6.07) is 6.13. The largest absolute Gasteiger partial charge is 0.496 e. The molecule has 2 heterocycles. The molecule has 0 saturated heterocycles. The molecular formula is C16H19N3O. The second kappa shape index (κ2) is 5.21. The van der Waals surface area contributed by atoms with Gasteiger partial charge in [-0.2, -0.15) is 0 Å². The number of benzene rings is 1. The van der Waals surface area contributed by atoms with Crippen LogP contribution < -0.4 is 10.1 Å². The maximum absolute atomic E-state index is 5.48. The molecule has 4 nitrogen and oxygen atoms in total. The lowest BCUT2D eigenvalue weighted by atomic mass is 10.1. The molecule has 0 saturated carbocycles. The average Bonchev–Trinajstić information content (AvgIpc) is 2.94. The maximum Gasteiger partial charge on any atom is 0.163 e. The zero-order chi connectivity index (χ0) is 14.1. The molecule has 0 unspecified atom stereocenters. The molecule has 2 aromatic rings. The molecule has 1 aliphatic rings.